The van der Waals surface area contributed by atoms with Crippen molar-refractivity contribution < 1.29 is 42.6 Å². The van der Waals surface area contributed by atoms with Crippen LogP contribution < -0.4 is 58.5 Å². The number of hydrogen-bond donors (Lipinski definition) is 0. The Hall–Kier alpha value is -3.97. The van der Waals surface area contributed by atoms with Crippen LogP contribution in [0, 0.1) is 0 Å². The monoisotopic (exact) mass is 600 g/mol. The zero-order valence-corrected chi connectivity index (χ0v) is 26.8. The number of hydrogen-bond acceptors (Lipinski definition) is 9. The van der Waals surface area contributed by atoms with Crippen LogP contribution in [-0.4, -0.2) is 76.3 Å². The molecule has 0 spiro atoms. The van der Waals surface area contributed by atoms with Gasteiger partial charge in [0.15, 0.2) is 0 Å². The van der Waals surface area contributed by atoms with Crippen molar-refractivity contribution in [2.45, 2.75) is 6.42 Å². The average molecular weight is 601 g/mol. The van der Waals surface area contributed by atoms with Crippen LogP contribution in [-0.2, 0) is 0 Å². The Labute approximate surface area is 248 Å². The Morgan fingerprint density at radius 1 is 0.405 bits per heavy atom. The molecule has 0 aromatic heterocycles. The fourth-order valence-electron chi connectivity index (χ4n) is 6.38. The van der Waals surface area contributed by atoms with Crippen molar-refractivity contribution in [3.05, 3.63) is 48.6 Å². The molecule has 42 heavy (non-hydrogen) atoms. The van der Waals surface area contributed by atoms with Crippen LogP contribution in [0.1, 0.15) is 6.42 Å². The molecule has 0 saturated carbocycles. The van der Waals surface area contributed by atoms with Gasteiger partial charge in [0.05, 0.1) is 0 Å². The van der Waals surface area contributed by atoms with Gasteiger partial charge >= 0.3 is 248 Å². The molecule has 3 aromatic carbocycles. The number of rotatable bonds is 12. The Kier molecular flexibility index (Phi) is 9.21. The summed E-state index contributed by atoms with van der Waals surface area (Å²) in [6, 6.07) is 11.3. The van der Waals surface area contributed by atoms with Crippen molar-refractivity contribution >= 4 is 22.5 Å². The van der Waals surface area contributed by atoms with E-state index in [9.17, 15) is 0 Å². The first-order chi connectivity index (χ1) is 20.3. The van der Waals surface area contributed by atoms with Gasteiger partial charge < -0.3 is 0 Å². The minimum atomic E-state index is -3.91. The molecule has 0 N–H and O–H groups in total. The quantitative estimate of drug-likeness (QED) is 0.220. The predicted molar refractivity (Wildman–Crippen MR) is 168 cm³/mol. The molecule has 0 bridgehead atoms. The van der Waals surface area contributed by atoms with E-state index in [-0.39, 0.29) is 0 Å². The fourth-order valence-corrected chi connectivity index (χ4v) is 13.9. The van der Waals surface area contributed by atoms with Crippen molar-refractivity contribution in [1.82, 2.24) is 0 Å². The summed E-state index contributed by atoms with van der Waals surface area (Å²) in [6.07, 6.45) is 6.38. The Balaban J connectivity index is 2.46. The van der Waals surface area contributed by atoms with Crippen molar-refractivity contribution in [2.24, 2.45) is 0 Å². The topological polar surface area (TPSA) is 83.1 Å². The predicted octanol–water partition coefficient (Wildman–Crippen LogP) is 4.55. The van der Waals surface area contributed by atoms with Crippen LogP contribution in [0.4, 0.5) is 0 Å². The van der Waals surface area contributed by atoms with Crippen molar-refractivity contribution in [2.75, 3.05) is 76.3 Å². The van der Waals surface area contributed by atoms with Crippen molar-refractivity contribution in [3.63, 3.8) is 0 Å². The summed E-state index contributed by atoms with van der Waals surface area (Å²) in [6.45, 7) is -3.91. The van der Waals surface area contributed by atoms with Gasteiger partial charge in [-0.2, -0.15) is 0 Å². The third kappa shape index (κ3) is 4.60. The van der Waals surface area contributed by atoms with Gasteiger partial charge in [-0.05, 0) is 0 Å². The Morgan fingerprint density at radius 2 is 0.690 bits per heavy atom. The summed E-state index contributed by atoms with van der Waals surface area (Å²) < 4.78 is 54.2. The van der Waals surface area contributed by atoms with E-state index in [2.05, 4.69) is 12.2 Å². The SMILES string of the molecule is COc1cc(OC)c(P2(c3c(OC)cc(OC)cc3OC)(c3c(OC)cc(OC)cc3OC)CC=CCC2)c(OC)c1. The summed E-state index contributed by atoms with van der Waals surface area (Å²) in [5.41, 5.74) is 0. The number of methoxy groups -OCH3 is 9. The van der Waals surface area contributed by atoms with Gasteiger partial charge in [-0.1, -0.05) is 0 Å². The number of ether oxygens (including phenoxy) is 9. The van der Waals surface area contributed by atoms with Gasteiger partial charge in [-0.25, -0.2) is 0 Å². The second kappa shape index (κ2) is 12.5. The molecule has 0 radical (unpaired) electrons. The molecule has 9 nitrogen and oxygen atoms in total. The maximum atomic E-state index is 6.20. The van der Waals surface area contributed by atoms with Crippen LogP contribution in [0.2, 0.25) is 0 Å². The van der Waals surface area contributed by atoms with Crippen molar-refractivity contribution in [1.29, 1.82) is 0 Å². The normalized spacial score (nSPS) is 15.9. The Bertz CT molecular complexity index is 1230. The molecule has 0 amide bonds. The minimum absolute atomic E-state index is 0.572. The average Bonchev–Trinajstić information content (AvgIpc) is 3.06. The molecule has 1 heterocycles. The summed E-state index contributed by atoms with van der Waals surface area (Å²) in [4.78, 5) is 0. The van der Waals surface area contributed by atoms with Crippen LogP contribution in [0.15, 0.2) is 48.6 Å². The first-order valence-electron chi connectivity index (χ1n) is 13.4. The van der Waals surface area contributed by atoms with E-state index in [1.165, 1.54) is 0 Å². The van der Waals surface area contributed by atoms with E-state index in [0.29, 0.717) is 64.1 Å². The molecule has 1 aliphatic rings. The van der Waals surface area contributed by atoms with Gasteiger partial charge in [-0.15, -0.1) is 0 Å². The van der Waals surface area contributed by atoms with E-state index in [0.717, 1.165) is 22.3 Å². The molecule has 0 saturated heterocycles. The molecule has 10 heteroatoms. The second-order valence-corrected chi connectivity index (χ2v) is 15.0. The zero-order chi connectivity index (χ0) is 30.5. The van der Waals surface area contributed by atoms with E-state index < -0.39 is 6.60 Å². The van der Waals surface area contributed by atoms with Gasteiger partial charge in [0.1, 0.15) is 0 Å². The molecule has 3 aromatic rings. The molecule has 4 rings (SSSR count). The number of allylic oxidation sites excluding steroid dienone is 2. The molecular formula is C32H41O9P. The summed E-state index contributed by atoms with van der Waals surface area (Å²) in [5, 5.41) is 2.58. The standard InChI is InChI=1S/C32H41O9P/c1-33-21-15-24(36-4)30(25(16-21)37-5)42(13-11-10-12-14-42,31-26(38-6)17-22(34-2)18-27(31)39-7)32-28(40-8)19-23(35-3)20-29(32)41-9/h10-11,15-20H,12-14H2,1-9H3. The van der Waals surface area contributed by atoms with E-state index >= 15 is 0 Å². The Morgan fingerprint density at radius 3 is 0.881 bits per heavy atom. The summed E-state index contributed by atoms with van der Waals surface area (Å²) >= 11 is 0. The van der Waals surface area contributed by atoms with Crippen LogP contribution in [0.5, 0.6) is 51.7 Å². The molecular weight excluding hydrogens is 559 g/mol. The molecule has 0 fully saturated rings. The summed E-state index contributed by atoms with van der Waals surface area (Å²) in [5.74, 6) is 5.37. The zero-order valence-electron chi connectivity index (χ0n) is 25.9. The molecule has 1 aliphatic heterocycles. The molecule has 0 aliphatic carbocycles. The fraction of sp³-hybridized carbons (Fsp3) is 0.375. The first-order valence-corrected chi connectivity index (χ1v) is 16.0. The second-order valence-electron chi connectivity index (χ2n) is 9.82. The number of benzene rings is 3. The van der Waals surface area contributed by atoms with Gasteiger partial charge in [0.2, 0.25) is 0 Å². The molecule has 228 valence electrons. The van der Waals surface area contributed by atoms with Crippen LogP contribution in [0.3, 0.4) is 0 Å². The summed E-state index contributed by atoms with van der Waals surface area (Å²) in [7, 11) is 14.7. The van der Waals surface area contributed by atoms with Gasteiger partial charge in [-0.3, -0.25) is 0 Å². The third-order valence-corrected chi connectivity index (χ3v) is 15.0. The first kappa shape index (κ1) is 31.0. The van der Waals surface area contributed by atoms with E-state index in [1.807, 2.05) is 36.4 Å². The maximum absolute atomic E-state index is 6.20. The molecule has 0 atom stereocenters. The van der Waals surface area contributed by atoms with Crippen molar-refractivity contribution in [3.8, 4) is 51.7 Å². The molecule has 0 unspecified atom stereocenters. The third-order valence-electron chi connectivity index (χ3n) is 8.15. The van der Waals surface area contributed by atoms with E-state index in [1.54, 1.807) is 64.0 Å². The van der Waals surface area contributed by atoms with Gasteiger partial charge in [0, 0.05) is 0 Å². The van der Waals surface area contributed by atoms with Crippen LogP contribution >= 0.6 is 6.60 Å². The van der Waals surface area contributed by atoms with Crippen LogP contribution in [0.25, 0.3) is 0 Å². The van der Waals surface area contributed by atoms with Gasteiger partial charge in [0.25, 0.3) is 0 Å². The van der Waals surface area contributed by atoms with E-state index in [4.69, 9.17) is 42.6 Å².